The lowest BCUT2D eigenvalue weighted by molar-refractivity contribution is -0.164. The van der Waals surface area contributed by atoms with Gasteiger partial charge in [0.25, 0.3) is 0 Å². The second-order valence-electron chi connectivity index (χ2n) is 13.0. The summed E-state index contributed by atoms with van der Waals surface area (Å²) in [4.78, 5) is 60.8. The van der Waals surface area contributed by atoms with Crippen LogP contribution in [-0.2, 0) is 28.7 Å². The molecule has 4 aliphatic heterocycles. The maximum Gasteiger partial charge on any atom is 0.313 e. The fourth-order valence-corrected chi connectivity index (χ4v) is 6.94. The minimum absolute atomic E-state index is 0.0962. The molecular weight excluding hydrogens is 550 g/mol. The number of likely N-dealkylation sites (tertiary alicyclic amines) is 1. The first-order valence-corrected chi connectivity index (χ1v) is 15.2. The van der Waals surface area contributed by atoms with Crippen LogP contribution in [0.5, 0.6) is 0 Å². The summed E-state index contributed by atoms with van der Waals surface area (Å²) in [5, 5.41) is 9.63. The zero-order valence-corrected chi connectivity index (χ0v) is 25.6. The van der Waals surface area contributed by atoms with Crippen LogP contribution < -0.4 is 0 Å². The Morgan fingerprint density at radius 1 is 1.05 bits per heavy atom. The zero-order valence-electron chi connectivity index (χ0n) is 25.6. The summed E-state index contributed by atoms with van der Waals surface area (Å²) >= 11 is 0. The van der Waals surface area contributed by atoms with E-state index >= 15 is 0 Å². The van der Waals surface area contributed by atoms with Crippen molar-refractivity contribution >= 4 is 23.7 Å². The molecule has 4 aliphatic rings. The molecule has 2 saturated heterocycles. The molecule has 10 heteroatoms. The molecule has 0 saturated carbocycles. The number of carbonyl (C=O) groups excluding carboxylic acids is 4. The Bertz CT molecular complexity index is 1310. The van der Waals surface area contributed by atoms with Crippen molar-refractivity contribution in [2.75, 3.05) is 26.7 Å². The molecule has 2 fully saturated rings. The van der Waals surface area contributed by atoms with Crippen LogP contribution in [-0.4, -0.2) is 99.6 Å². The van der Waals surface area contributed by atoms with Crippen molar-refractivity contribution in [1.29, 1.82) is 0 Å². The number of esters is 1. The molecule has 1 spiro atoms. The molecule has 3 amide bonds. The van der Waals surface area contributed by atoms with Gasteiger partial charge in [0, 0.05) is 38.7 Å². The number of nitrogens with zero attached hydrogens (tertiary/aromatic N) is 3. The Hall–Kier alpha value is -3.50. The number of fused-ring (bicyclic) bond motifs is 2. The molecule has 0 unspecified atom stereocenters. The zero-order chi connectivity index (χ0) is 31.1. The van der Waals surface area contributed by atoms with Crippen molar-refractivity contribution in [3.05, 3.63) is 60.2 Å². The summed E-state index contributed by atoms with van der Waals surface area (Å²) in [5.41, 5.74) is -1.20. The van der Waals surface area contributed by atoms with E-state index in [1.54, 1.807) is 29.0 Å². The first kappa shape index (κ1) is 30.9. The number of aliphatic hydroxyl groups excluding tert-OH is 1. The van der Waals surface area contributed by atoms with Crippen molar-refractivity contribution in [1.82, 2.24) is 14.7 Å². The standard InChI is InChI=1S/C33H43N3O7/c1-21-27(22-13-8-6-9-14-22)42-31(41)25-23-16-17-33(43-23)26(25)29(39)35(18-12-20-37)28(33)30(40)36(32(2,3)4)19-11-7-10-15-24(38)34(21)5/h6-9,11,13-14,16-17,21,23,25-28,37H,10,12,15,18-20H2,1-5H3/b11-7-/t21-,23+,25-,26-,27+,28+,33-/m1/s1. The maximum absolute atomic E-state index is 14.5. The van der Waals surface area contributed by atoms with Gasteiger partial charge in [-0.3, -0.25) is 19.2 Å². The molecular formula is C33H43N3O7. The third-order valence-electron chi connectivity index (χ3n) is 9.31. The van der Waals surface area contributed by atoms with Crippen molar-refractivity contribution in [3.8, 4) is 0 Å². The number of allylic oxidation sites excluding steroid dienone is 1. The van der Waals surface area contributed by atoms with Crippen molar-refractivity contribution in [2.24, 2.45) is 11.8 Å². The monoisotopic (exact) mass is 593 g/mol. The number of rotatable bonds is 4. The summed E-state index contributed by atoms with van der Waals surface area (Å²) in [5.74, 6) is -3.28. The third-order valence-corrected chi connectivity index (χ3v) is 9.31. The number of hydrogen-bond acceptors (Lipinski definition) is 7. The quantitative estimate of drug-likeness (QED) is 0.422. The minimum atomic E-state index is -1.33. The van der Waals surface area contributed by atoms with E-state index in [-0.39, 0.29) is 50.3 Å². The van der Waals surface area contributed by atoms with Crippen LogP contribution >= 0.6 is 0 Å². The van der Waals surface area contributed by atoms with Crippen LogP contribution in [0.25, 0.3) is 0 Å². The van der Waals surface area contributed by atoms with Crippen LogP contribution in [0.4, 0.5) is 0 Å². The lowest BCUT2D eigenvalue weighted by Crippen LogP contribution is -2.59. The predicted molar refractivity (Wildman–Crippen MR) is 158 cm³/mol. The molecule has 7 atom stereocenters. The predicted octanol–water partition coefficient (Wildman–Crippen LogP) is 2.63. The number of cyclic esters (lactones) is 1. The Morgan fingerprint density at radius 3 is 2.44 bits per heavy atom. The highest BCUT2D eigenvalue weighted by Crippen LogP contribution is 2.56. The van der Waals surface area contributed by atoms with Crippen LogP contribution in [0.3, 0.4) is 0 Å². The van der Waals surface area contributed by atoms with Crippen LogP contribution in [0.2, 0.25) is 0 Å². The molecule has 1 aromatic rings. The second-order valence-corrected chi connectivity index (χ2v) is 13.0. The first-order valence-electron chi connectivity index (χ1n) is 15.2. The van der Waals surface area contributed by atoms with Gasteiger partial charge in [-0.25, -0.2) is 0 Å². The summed E-state index contributed by atoms with van der Waals surface area (Å²) < 4.78 is 12.7. The van der Waals surface area contributed by atoms with E-state index in [2.05, 4.69) is 0 Å². The van der Waals surface area contributed by atoms with E-state index in [0.717, 1.165) is 5.56 Å². The fourth-order valence-electron chi connectivity index (χ4n) is 6.94. The Kier molecular flexibility index (Phi) is 8.55. The summed E-state index contributed by atoms with van der Waals surface area (Å²) in [6, 6.07) is 7.77. The van der Waals surface area contributed by atoms with E-state index in [0.29, 0.717) is 6.42 Å². The highest BCUT2D eigenvalue weighted by molar-refractivity contribution is 5.99. The Labute approximate surface area is 253 Å². The molecule has 232 valence electrons. The topological polar surface area (TPSA) is 117 Å². The number of amides is 3. The van der Waals surface area contributed by atoms with Gasteiger partial charge in [-0.1, -0.05) is 54.6 Å². The van der Waals surface area contributed by atoms with Crippen molar-refractivity contribution in [2.45, 2.75) is 82.4 Å². The molecule has 5 rings (SSSR count). The Balaban J connectivity index is 1.61. The fraction of sp³-hybridized carbons (Fsp3) is 0.576. The third kappa shape index (κ3) is 5.40. The average Bonchev–Trinajstić information content (AvgIpc) is 3.62. The van der Waals surface area contributed by atoms with Crippen molar-refractivity contribution < 1.29 is 33.8 Å². The average molecular weight is 594 g/mol. The molecule has 1 aromatic carbocycles. The van der Waals surface area contributed by atoms with E-state index < -0.39 is 53.2 Å². The number of ether oxygens (including phenoxy) is 2. The molecule has 4 heterocycles. The number of carbonyl (C=O) groups is 4. The second kappa shape index (κ2) is 11.9. The minimum Gasteiger partial charge on any atom is -0.455 e. The molecule has 5 bridgehead atoms. The molecule has 10 nitrogen and oxygen atoms in total. The summed E-state index contributed by atoms with van der Waals surface area (Å²) in [6.45, 7) is 7.91. The first-order chi connectivity index (χ1) is 20.4. The largest absolute Gasteiger partial charge is 0.455 e. The molecule has 43 heavy (non-hydrogen) atoms. The van der Waals surface area contributed by atoms with Gasteiger partial charge in [0.1, 0.15) is 23.7 Å². The highest BCUT2D eigenvalue weighted by atomic mass is 16.6. The normalized spacial score (nSPS) is 34.1. The van der Waals surface area contributed by atoms with E-state index in [1.807, 2.05) is 70.2 Å². The van der Waals surface area contributed by atoms with Crippen LogP contribution in [0.1, 0.15) is 58.6 Å². The van der Waals surface area contributed by atoms with E-state index in [1.165, 1.54) is 4.90 Å². The smallest absolute Gasteiger partial charge is 0.313 e. The summed E-state index contributed by atoms with van der Waals surface area (Å²) in [7, 11) is 1.71. The van der Waals surface area contributed by atoms with Gasteiger partial charge in [0.2, 0.25) is 17.7 Å². The molecule has 0 radical (unpaired) electrons. The Morgan fingerprint density at radius 2 is 1.77 bits per heavy atom. The number of benzene rings is 1. The van der Waals surface area contributed by atoms with Gasteiger partial charge in [-0.2, -0.15) is 0 Å². The van der Waals surface area contributed by atoms with Gasteiger partial charge in [0.05, 0.1) is 18.1 Å². The molecule has 1 N–H and O–H groups in total. The van der Waals surface area contributed by atoms with Crippen LogP contribution in [0, 0.1) is 11.8 Å². The summed E-state index contributed by atoms with van der Waals surface area (Å²) in [6.07, 6.45) is 6.82. The molecule has 0 aliphatic carbocycles. The van der Waals surface area contributed by atoms with E-state index in [4.69, 9.17) is 9.47 Å². The number of likely N-dealkylation sites (N-methyl/N-ethyl adjacent to an activating group) is 1. The van der Waals surface area contributed by atoms with Gasteiger partial charge >= 0.3 is 5.97 Å². The van der Waals surface area contributed by atoms with Gasteiger partial charge in [-0.05, 0) is 46.1 Å². The lowest BCUT2D eigenvalue weighted by atomic mass is 9.74. The highest BCUT2D eigenvalue weighted by Gasteiger charge is 2.73. The van der Waals surface area contributed by atoms with Crippen LogP contribution in [0.15, 0.2) is 54.6 Å². The van der Waals surface area contributed by atoms with Gasteiger partial charge in [0.15, 0.2) is 0 Å². The van der Waals surface area contributed by atoms with E-state index in [9.17, 15) is 24.3 Å². The lowest BCUT2D eigenvalue weighted by Gasteiger charge is -2.41. The number of aliphatic hydroxyl groups is 1. The van der Waals surface area contributed by atoms with Crippen molar-refractivity contribution in [3.63, 3.8) is 0 Å². The van der Waals surface area contributed by atoms with Gasteiger partial charge < -0.3 is 29.3 Å². The maximum atomic E-state index is 14.5. The van der Waals surface area contributed by atoms with Gasteiger partial charge in [-0.15, -0.1) is 0 Å². The SMILES string of the molecule is C[C@@H]1[C@@H](c2ccccc2)OC(=O)[C@@H]2[C@@H]3C=C[C@]4(O3)[C@H](C(=O)N(C(C)(C)C)C/C=C\CCC(=O)N1C)N(CCCO)C(=O)[C@@H]24. The molecule has 0 aromatic heterocycles. The number of hydrogen-bond donors (Lipinski definition) is 1.